The van der Waals surface area contributed by atoms with Crippen LogP contribution in [0.3, 0.4) is 0 Å². The van der Waals surface area contributed by atoms with E-state index in [1.54, 1.807) is 0 Å². The maximum Gasteiger partial charge on any atom is 0.213 e. The largest absolute Gasteiger partial charge is 0.339 e. The normalized spacial score (nSPS) is 25.1. The van der Waals surface area contributed by atoms with E-state index in [-0.39, 0.29) is 0 Å². The highest BCUT2D eigenvalue weighted by molar-refractivity contribution is 5.82. The molecule has 1 aromatic rings. The Kier molecular flexibility index (Phi) is 4.20. The van der Waals surface area contributed by atoms with E-state index in [0.717, 1.165) is 18.2 Å². The average Bonchev–Trinajstić information content (AvgIpc) is 2.41. The third-order valence-electron chi connectivity index (χ3n) is 3.77. The standard InChI is InChI=1S/C14H22N4/c1-11-7-6-10-18(12(11)2)14(17-15)16-13-8-4-3-5-9-13/h3-5,8-9,11-12H,6-7,10,15H2,1-2H3,(H,16,17). The Labute approximate surface area is 109 Å². The smallest absolute Gasteiger partial charge is 0.213 e. The molecule has 1 aromatic carbocycles. The second-order valence-electron chi connectivity index (χ2n) is 4.97. The van der Waals surface area contributed by atoms with Crippen LogP contribution in [-0.4, -0.2) is 23.4 Å². The first-order valence-corrected chi connectivity index (χ1v) is 6.59. The van der Waals surface area contributed by atoms with Crippen molar-refractivity contribution in [2.24, 2.45) is 16.8 Å². The summed E-state index contributed by atoms with van der Waals surface area (Å²) >= 11 is 0. The molecule has 0 saturated carbocycles. The monoisotopic (exact) mass is 246 g/mol. The zero-order chi connectivity index (χ0) is 13.0. The number of nitrogens with one attached hydrogen (secondary N) is 1. The van der Waals surface area contributed by atoms with Gasteiger partial charge in [-0.1, -0.05) is 25.1 Å². The van der Waals surface area contributed by atoms with Gasteiger partial charge >= 0.3 is 0 Å². The molecule has 1 aliphatic rings. The molecule has 98 valence electrons. The molecule has 4 nitrogen and oxygen atoms in total. The first kappa shape index (κ1) is 12.9. The zero-order valence-electron chi connectivity index (χ0n) is 11.1. The first-order valence-electron chi connectivity index (χ1n) is 6.59. The van der Waals surface area contributed by atoms with E-state index in [2.05, 4.69) is 29.2 Å². The van der Waals surface area contributed by atoms with E-state index in [1.165, 1.54) is 12.8 Å². The molecule has 2 rings (SSSR count). The number of hydrogen-bond acceptors (Lipinski definition) is 2. The van der Waals surface area contributed by atoms with Gasteiger partial charge in [-0.15, -0.1) is 0 Å². The molecule has 1 aliphatic heterocycles. The molecule has 2 unspecified atom stereocenters. The minimum atomic E-state index is 0.470. The topological polar surface area (TPSA) is 53.6 Å². The number of rotatable bonds is 1. The van der Waals surface area contributed by atoms with Crippen LogP contribution in [0.2, 0.25) is 0 Å². The quantitative estimate of drug-likeness (QED) is 0.346. The minimum Gasteiger partial charge on any atom is -0.339 e. The van der Waals surface area contributed by atoms with Crippen LogP contribution in [-0.2, 0) is 0 Å². The maximum absolute atomic E-state index is 5.64. The number of benzene rings is 1. The molecule has 2 atom stereocenters. The van der Waals surface area contributed by atoms with E-state index in [0.29, 0.717) is 12.0 Å². The van der Waals surface area contributed by atoms with Crippen LogP contribution in [0, 0.1) is 5.92 Å². The second kappa shape index (κ2) is 5.87. The number of hydrogen-bond donors (Lipinski definition) is 2. The molecule has 18 heavy (non-hydrogen) atoms. The van der Waals surface area contributed by atoms with Gasteiger partial charge in [0.05, 0.1) is 5.69 Å². The minimum absolute atomic E-state index is 0.470. The highest BCUT2D eigenvalue weighted by Crippen LogP contribution is 2.23. The van der Waals surface area contributed by atoms with Crippen molar-refractivity contribution in [3.63, 3.8) is 0 Å². The summed E-state index contributed by atoms with van der Waals surface area (Å²) in [5, 5.41) is 0. The molecular formula is C14H22N4. The number of guanidine groups is 1. The summed E-state index contributed by atoms with van der Waals surface area (Å²) < 4.78 is 0. The summed E-state index contributed by atoms with van der Waals surface area (Å²) in [4.78, 5) is 6.86. The van der Waals surface area contributed by atoms with Crippen LogP contribution in [0.5, 0.6) is 0 Å². The van der Waals surface area contributed by atoms with Gasteiger partial charge in [-0.25, -0.2) is 10.8 Å². The van der Waals surface area contributed by atoms with Gasteiger partial charge in [0.2, 0.25) is 5.96 Å². The Morgan fingerprint density at radius 1 is 1.33 bits per heavy atom. The fourth-order valence-corrected chi connectivity index (χ4v) is 2.44. The summed E-state index contributed by atoms with van der Waals surface area (Å²) in [7, 11) is 0. The SMILES string of the molecule is CC1CCCN(C(=Nc2ccccc2)NN)C1C. The molecule has 0 aliphatic carbocycles. The van der Waals surface area contributed by atoms with Gasteiger partial charge in [0.25, 0.3) is 0 Å². The van der Waals surface area contributed by atoms with Gasteiger partial charge in [0.15, 0.2) is 0 Å². The van der Waals surface area contributed by atoms with Crippen LogP contribution < -0.4 is 11.3 Å². The summed E-state index contributed by atoms with van der Waals surface area (Å²) in [5.41, 5.74) is 3.67. The molecule has 1 heterocycles. The van der Waals surface area contributed by atoms with Crippen LogP contribution in [0.1, 0.15) is 26.7 Å². The van der Waals surface area contributed by atoms with E-state index >= 15 is 0 Å². The average molecular weight is 246 g/mol. The molecule has 3 N–H and O–H groups in total. The van der Waals surface area contributed by atoms with Gasteiger partial charge in [0.1, 0.15) is 0 Å². The lowest BCUT2D eigenvalue weighted by molar-refractivity contribution is 0.186. The van der Waals surface area contributed by atoms with Crippen molar-refractivity contribution in [1.29, 1.82) is 0 Å². The van der Waals surface area contributed by atoms with Crippen molar-refractivity contribution in [3.8, 4) is 0 Å². The van der Waals surface area contributed by atoms with Gasteiger partial charge in [-0.3, -0.25) is 5.43 Å². The van der Waals surface area contributed by atoms with Crippen LogP contribution >= 0.6 is 0 Å². The number of para-hydroxylation sites is 1. The van der Waals surface area contributed by atoms with Gasteiger partial charge in [0, 0.05) is 12.6 Å². The van der Waals surface area contributed by atoms with Gasteiger partial charge in [-0.05, 0) is 37.8 Å². The lowest BCUT2D eigenvalue weighted by atomic mass is 9.92. The van der Waals surface area contributed by atoms with Crippen molar-refractivity contribution >= 4 is 11.6 Å². The number of likely N-dealkylation sites (tertiary alicyclic amines) is 1. The Hall–Kier alpha value is -1.55. The van der Waals surface area contributed by atoms with Crippen molar-refractivity contribution in [3.05, 3.63) is 30.3 Å². The van der Waals surface area contributed by atoms with E-state index in [4.69, 9.17) is 5.84 Å². The summed E-state index contributed by atoms with van der Waals surface area (Å²) in [6.07, 6.45) is 2.47. The third-order valence-corrected chi connectivity index (χ3v) is 3.77. The summed E-state index contributed by atoms with van der Waals surface area (Å²) in [6.45, 7) is 5.54. The highest BCUT2D eigenvalue weighted by Gasteiger charge is 2.26. The third kappa shape index (κ3) is 2.82. The molecule has 0 aromatic heterocycles. The van der Waals surface area contributed by atoms with Crippen LogP contribution in [0.15, 0.2) is 35.3 Å². The number of nitrogens with zero attached hydrogens (tertiary/aromatic N) is 2. The first-order chi connectivity index (χ1) is 8.72. The molecule has 1 fully saturated rings. The van der Waals surface area contributed by atoms with Gasteiger partial charge in [-0.2, -0.15) is 0 Å². The molecule has 0 bridgehead atoms. The fraction of sp³-hybridized carbons (Fsp3) is 0.500. The molecule has 0 spiro atoms. The van der Waals surface area contributed by atoms with Crippen LogP contribution in [0.4, 0.5) is 5.69 Å². The van der Waals surface area contributed by atoms with Gasteiger partial charge < -0.3 is 4.90 Å². The van der Waals surface area contributed by atoms with Crippen molar-refractivity contribution < 1.29 is 0 Å². The second-order valence-corrected chi connectivity index (χ2v) is 4.97. The van der Waals surface area contributed by atoms with Crippen LogP contribution in [0.25, 0.3) is 0 Å². The van der Waals surface area contributed by atoms with Crippen molar-refractivity contribution in [2.45, 2.75) is 32.7 Å². The predicted octanol–water partition coefficient (Wildman–Crippen LogP) is 2.26. The lowest BCUT2D eigenvalue weighted by Gasteiger charge is -2.39. The highest BCUT2D eigenvalue weighted by atomic mass is 15.4. The van der Waals surface area contributed by atoms with Crippen molar-refractivity contribution in [2.75, 3.05) is 6.54 Å². The Balaban J connectivity index is 2.20. The Morgan fingerprint density at radius 2 is 2.06 bits per heavy atom. The number of nitrogens with two attached hydrogens (primary N) is 1. The van der Waals surface area contributed by atoms with E-state index in [9.17, 15) is 0 Å². The summed E-state index contributed by atoms with van der Waals surface area (Å²) in [5.74, 6) is 7.07. The maximum atomic E-state index is 5.64. The Bertz CT molecular complexity index is 402. The molecule has 0 amide bonds. The zero-order valence-corrected chi connectivity index (χ0v) is 11.1. The van der Waals surface area contributed by atoms with E-state index in [1.807, 2.05) is 30.3 Å². The predicted molar refractivity (Wildman–Crippen MR) is 75.4 cm³/mol. The van der Waals surface area contributed by atoms with E-state index < -0.39 is 0 Å². The number of piperidine rings is 1. The molecule has 0 radical (unpaired) electrons. The molecular weight excluding hydrogens is 224 g/mol. The summed E-state index contributed by atoms with van der Waals surface area (Å²) in [6, 6.07) is 10.4. The number of hydrazine groups is 1. The molecule has 1 saturated heterocycles. The van der Waals surface area contributed by atoms with Crippen molar-refractivity contribution in [1.82, 2.24) is 10.3 Å². The lowest BCUT2D eigenvalue weighted by Crippen LogP contribution is -2.52. The Morgan fingerprint density at radius 3 is 2.72 bits per heavy atom. The fourth-order valence-electron chi connectivity index (χ4n) is 2.44. The molecule has 4 heteroatoms. The number of aliphatic imine (C=N–C) groups is 1.